The number of benzene rings is 1. The number of allylic oxidation sites excluding steroid dienone is 1. The molecule has 0 unspecified atom stereocenters. The number of nitrogens with one attached hydrogen (secondary N) is 1. The maximum Gasteiger partial charge on any atom is 0.286 e. The summed E-state index contributed by atoms with van der Waals surface area (Å²) in [5, 5.41) is 12.1. The number of hydrogen-bond donors (Lipinski definition) is 2. The molecule has 2 saturated carbocycles. The normalized spacial score (nSPS) is 25.8. The van der Waals surface area contributed by atoms with Crippen molar-refractivity contribution in [3.63, 3.8) is 0 Å². The lowest BCUT2D eigenvalue weighted by molar-refractivity contribution is -0.156. The molecule has 1 aromatic rings. The van der Waals surface area contributed by atoms with Gasteiger partial charge in [0.1, 0.15) is 0 Å². The Bertz CT molecular complexity index is 661. The van der Waals surface area contributed by atoms with Crippen LogP contribution >= 0.6 is 0 Å². The fourth-order valence-corrected chi connectivity index (χ4v) is 3.56. The second-order valence-electron chi connectivity index (χ2n) is 7.70. The lowest BCUT2D eigenvalue weighted by Crippen LogP contribution is -2.36. The van der Waals surface area contributed by atoms with Gasteiger partial charge in [-0.3, -0.25) is 4.79 Å². The number of aliphatic hydroxyl groups excluding tert-OH is 1. The molecule has 0 aromatic heterocycles. The van der Waals surface area contributed by atoms with Gasteiger partial charge in [-0.1, -0.05) is 30.7 Å². The second kappa shape index (κ2) is 7.80. The predicted molar refractivity (Wildman–Crippen MR) is 96.7 cm³/mol. The SMILES string of the molecule is O=C(NC1CC1)C1=C[C@@H](C2CCC2)C[C@@H](OCc2ccc(CO)cc2)O1. The topological polar surface area (TPSA) is 67.8 Å². The van der Waals surface area contributed by atoms with Gasteiger partial charge in [0.15, 0.2) is 5.76 Å². The molecule has 4 rings (SSSR count). The third-order valence-corrected chi connectivity index (χ3v) is 5.62. The molecule has 0 spiro atoms. The van der Waals surface area contributed by atoms with E-state index in [1.165, 1.54) is 19.3 Å². The molecular formula is C21H27NO4. The van der Waals surface area contributed by atoms with Crippen LogP contribution in [0.5, 0.6) is 0 Å². The van der Waals surface area contributed by atoms with Crippen molar-refractivity contribution in [1.29, 1.82) is 0 Å². The monoisotopic (exact) mass is 357 g/mol. The number of aliphatic hydroxyl groups is 1. The van der Waals surface area contributed by atoms with E-state index in [1.54, 1.807) is 0 Å². The van der Waals surface area contributed by atoms with Crippen molar-refractivity contribution in [3.05, 3.63) is 47.2 Å². The van der Waals surface area contributed by atoms with Gasteiger partial charge in [-0.25, -0.2) is 0 Å². The minimum absolute atomic E-state index is 0.0419. The Morgan fingerprint density at radius 2 is 1.88 bits per heavy atom. The first kappa shape index (κ1) is 17.6. The van der Waals surface area contributed by atoms with Crippen molar-refractivity contribution in [1.82, 2.24) is 5.32 Å². The maximum absolute atomic E-state index is 12.4. The van der Waals surface area contributed by atoms with Crippen LogP contribution in [0.1, 0.15) is 49.7 Å². The molecule has 0 bridgehead atoms. The number of hydrogen-bond acceptors (Lipinski definition) is 4. The highest BCUT2D eigenvalue weighted by Crippen LogP contribution is 2.40. The molecular weight excluding hydrogens is 330 g/mol. The van der Waals surface area contributed by atoms with Crippen molar-refractivity contribution in [3.8, 4) is 0 Å². The average molecular weight is 357 g/mol. The van der Waals surface area contributed by atoms with Crippen molar-refractivity contribution >= 4 is 5.91 Å². The van der Waals surface area contributed by atoms with Gasteiger partial charge in [0.2, 0.25) is 6.29 Å². The molecule has 1 aromatic carbocycles. The molecule has 5 heteroatoms. The first-order chi connectivity index (χ1) is 12.7. The molecule has 0 saturated heterocycles. The van der Waals surface area contributed by atoms with E-state index in [0.29, 0.717) is 30.2 Å². The van der Waals surface area contributed by atoms with Gasteiger partial charge in [-0.2, -0.15) is 0 Å². The van der Waals surface area contributed by atoms with Crippen molar-refractivity contribution < 1.29 is 19.4 Å². The summed E-state index contributed by atoms with van der Waals surface area (Å²) in [4.78, 5) is 12.4. The molecule has 2 N–H and O–H groups in total. The molecule has 2 fully saturated rings. The van der Waals surface area contributed by atoms with Crippen LogP contribution < -0.4 is 5.32 Å². The first-order valence-electron chi connectivity index (χ1n) is 9.71. The Hall–Kier alpha value is -1.85. The van der Waals surface area contributed by atoms with E-state index in [2.05, 4.69) is 5.32 Å². The van der Waals surface area contributed by atoms with Gasteiger partial charge >= 0.3 is 0 Å². The molecule has 2 aliphatic carbocycles. The minimum atomic E-state index is -0.386. The van der Waals surface area contributed by atoms with Crippen molar-refractivity contribution in [2.75, 3.05) is 0 Å². The Kier molecular flexibility index (Phi) is 5.27. The summed E-state index contributed by atoms with van der Waals surface area (Å²) in [6.07, 6.45) is 8.31. The van der Waals surface area contributed by atoms with Crippen LogP contribution in [0.2, 0.25) is 0 Å². The molecule has 5 nitrogen and oxygen atoms in total. The lowest BCUT2D eigenvalue weighted by Gasteiger charge is -2.37. The zero-order valence-electron chi connectivity index (χ0n) is 15.0. The summed E-state index contributed by atoms with van der Waals surface area (Å²) in [5.41, 5.74) is 1.92. The van der Waals surface area contributed by atoms with Gasteiger partial charge in [0.25, 0.3) is 5.91 Å². The second-order valence-corrected chi connectivity index (χ2v) is 7.70. The summed E-state index contributed by atoms with van der Waals surface area (Å²) >= 11 is 0. The molecule has 0 radical (unpaired) electrons. The molecule has 1 amide bonds. The Morgan fingerprint density at radius 1 is 1.15 bits per heavy atom. The van der Waals surface area contributed by atoms with Crippen molar-refractivity contribution in [2.24, 2.45) is 11.8 Å². The Balaban J connectivity index is 1.38. The quantitative estimate of drug-likeness (QED) is 0.787. The highest BCUT2D eigenvalue weighted by Gasteiger charge is 2.35. The molecule has 26 heavy (non-hydrogen) atoms. The van der Waals surface area contributed by atoms with Gasteiger partial charge in [-0.15, -0.1) is 0 Å². The van der Waals surface area contributed by atoms with Crippen LogP contribution in [0.25, 0.3) is 0 Å². The van der Waals surface area contributed by atoms with Gasteiger partial charge in [0.05, 0.1) is 13.2 Å². The highest BCUT2D eigenvalue weighted by atomic mass is 16.7. The first-order valence-corrected chi connectivity index (χ1v) is 9.71. The van der Waals surface area contributed by atoms with E-state index in [9.17, 15) is 4.79 Å². The Labute approximate surface area is 154 Å². The molecule has 2 atom stereocenters. The summed E-state index contributed by atoms with van der Waals surface area (Å²) in [6, 6.07) is 8.02. The number of amides is 1. The van der Waals surface area contributed by atoms with E-state index in [1.807, 2.05) is 30.3 Å². The predicted octanol–water partition coefficient (Wildman–Crippen LogP) is 3.02. The van der Waals surface area contributed by atoms with Crippen molar-refractivity contribution in [2.45, 2.75) is 64.1 Å². The summed E-state index contributed by atoms with van der Waals surface area (Å²) in [5.74, 6) is 1.34. The average Bonchev–Trinajstić information content (AvgIpc) is 3.43. The van der Waals surface area contributed by atoms with Gasteiger partial charge < -0.3 is 19.9 Å². The van der Waals surface area contributed by atoms with Crippen LogP contribution in [0, 0.1) is 11.8 Å². The number of rotatable bonds is 7. The fraction of sp³-hybridized carbons (Fsp3) is 0.571. The van der Waals surface area contributed by atoms with E-state index in [4.69, 9.17) is 14.6 Å². The van der Waals surface area contributed by atoms with Crippen LogP contribution in [0.15, 0.2) is 36.1 Å². The van der Waals surface area contributed by atoms with E-state index in [0.717, 1.165) is 30.4 Å². The van der Waals surface area contributed by atoms with E-state index in [-0.39, 0.29) is 18.8 Å². The van der Waals surface area contributed by atoms with Gasteiger partial charge in [0, 0.05) is 12.5 Å². The standard InChI is InChI=1S/C21H27NO4/c23-12-14-4-6-15(7-5-14)13-25-20-11-17(16-2-1-3-16)10-19(26-20)21(24)22-18-8-9-18/h4-7,10,16-18,20,23H,1-3,8-9,11-13H2,(H,22,24)/t17-,20+/m1/s1. The summed E-state index contributed by atoms with van der Waals surface area (Å²) < 4.78 is 11.9. The molecule has 140 valence electrons. The van der Waals surface area contributed by atoms with Crippen LogP contribution in [0.4, 0.5) is 0 Å². The highest BCUT2D eigenvalue weighted by molar-refractivity contribution is 5.92. The number of carbonyl (C=O) groups excluding carboxylic acids is 1. The molecule has 1 aliphatic heterocycles. The lowest BCUT2D eigenvalue weighted by atomic mass is 9.73. The third-order valence-electron chi connectivity index (χ3n) is 5.62. The van der Waals surface area contributed by atoms with Crippen LogP contribution in [-0.2, 0) is 27.5 Å². The van der Waals surface area contributed by atoms with E-state index >= 15 is 0 Å². The maximum atomic E-state index is 12.4. The van der Waals surface area contributed by atoms with Crippen LogP contribution in [-0.4, -0.2) is 23.3 Å². The van der Waals surface area contributed by atoms with Crippen LogP contribution in [0.3, 0.4) is 0 Å². The minimum Gasteiger partial charge on any atom is -0.459 e. The zero-order valence-corrected chi connectivity index (χ0v) is 15.0. The third kappa shape index (κ3) is 4.27. The molecule has 1 heterocycles. The number of ether oxygens (including phenoxy) is 2. The smallest absolute Gasteiger partial charge is 0.286 e. The largest absolute Gasteiger partial charge is 0.459 e. The summed E-state index contributed by atoms with van der Waals surface area (Å²) in [7, 11) is 0. The number of carbonyl (C=O) groups is 1. The van der Waals surface area contributed by atoms with E-state index < -0.39 is 0 Å². The molecule has 3 aliphatic rings. The summed E-state index contributed by atoms with van der Waals surface area (Å²) in [6.45, 7) is 0.478. The van der Waals surface area contributed by atoms with Gasteiger partial charge in [-0.05, 0) is 54.7 Å². The fourth-order valence-electron chi connectivity index (χ4n) is 3.56. The Morgan fingerprint density at radius 3 is 2.50 bits per heavy atom. The zero-order chi connectivity index (χ0) is 17.9.